The van der Waals surface area contributed by atoms with Crippen LogP contribution in [0.2, 0.25) is 5.02 Å². The van der Waals surface area contributed by atoms with Crippen LogP contribution in [0.4, 0.5) is 11.8 Å². The van der Waals surface area contributed by atoms with Gasteiger partial charge >= 0.3 is 0 Å². The highest BCUT2D eigenvalue weighted by Gasteiger charge is 2.49. The van der Waals surface area contributed by atoms with Gasteiger partial charge in [0.05, 0.1) is 16.0 Å². The molecule has 1 aliphatic carbocycles. The molecular weight excluding hydrogens is 536 g/mol. The monoisotopic (exact) mass is 566 g/mol. The maximum absolute atomic E-state index is 6.40. The molecule has 4 aromatic heterocycles. The summed E-state index contributed by atoms with van der Waals surface area (Å²) in [5, 5.41) is 0.451. The average molecular weight is 567 g/mol. The van der Waals surface area contributed by atoms with Crippen molar-refractivity contribution in [1.29, 1.82) is 0 Å². The molecule has 0 amide bonds. The Morgan fingerprint density at radius 1 is 1.05 bits per heavy atom. The molecule has 3 N–H and O–H groups in total. The number of nitrogens with zero attached hydrogens (tertiary/aromatic N) is 6. The summed E-state index contributed by atoms with van der Waals surface area (Å²) >= 11 is 9.72. The zero-order valence-corrected chi connectivity index (χ0v) is 24.1. The molecule has 0 aromatic carbocycles. The van der Waals surface area contributed by atoms with Gasteiger partial charge in [0.15, 0.2) is 5.65 Å². The number of aromatic nitrogens is 5. The summed E-state index contributed by atoms with van der Waals surface area (Å²) in [5.74, 6) is 1.24. The minimum Gasteiger partial charge on any atom is -0.382 e. The SMILES string of the molecule is CC(C)(C)SN[C@@H]1c2cccnc2CC12CCN(c1ncc(Sc3ccnc(N)c3Cl)c3nccn13)CC2. The van der Waals surface area contributed by atoms with E-state index in [0.717, 1.165) is 53.7 Å². The largest absolute Gasteiger partial charge is 0.382 e. The number of halogens is 1. The molecule has 1 spiro atoms. The number of hydrogen-bond acceptors (Lipinski definition) is 9. The second kappa shape index (κ2) is 9.89. The Labute approximate surface area is 236 Å². The van der Waals surface area contributed by atoms with Gasteiger partial charge in [0.2, 0.25) is 5.95 Å². The van der Waals surface area contributed by atoms with Gasteiger partial charge in [-0.15, -0.1) is 0 Å². The van der Waals surface area contributed by atoms with Crippen molar-refractivity contribution >= 4 is 52.7 Å². The van der Waals surface area contributed by atoms with Crippen LogP contribution in [-0.4, -0.2) is 42.2 Å². The molecule has 1 fully saturated rings. The van der Waals surface area contributed by atoms with Crippen molar-refractivity contribution < 1.29 is 0 Å². The molecule has 0 bridgehead atoms. The maximum atomic E-state index is 6.40. The lowest BCUT2D eigenvalue weighted by molar-refractivity contribution is 0.177. The molecule has 8 nitrogen and oxygen atoms in total. The summed E-state index contributed by atoms with van der Waals surface area (Å²) in [4.78, 5) is 22.5. The van der Waals surface area contributed by atoms with Gasteiger partial charge in [-0.3, -0.25) is 14.1 Å². The Kier molecular flexibility index (Phi) is 6.70. The van der Waals surface area contributed by atoms with E-state index >= 15 is 0 Å². The average Bonchev–Trinajstić information content (AvgIpc) is 3.49. The Hall–Kier alpha value is -2.53. The summed E-state index contributed by atoms with van der Waals surface area (Å²) in [6.45, 7) is 8.60. The van der Waals surface area contributed by atoms with Gasteiger partial charge in [0.25, 0.3) is 0 Å². The Morgan fingerprint density at radius 3 is 2.66 bits per heavy atom. The number of nitrogens with two attached hydrogens (primary N) is 1. The Bertz CT molecular complexity index is 1480. The fourth-order valence-electron chi connectivity index (χ4n) is 5.50. The molecule has 198 valence electrons. The third-order valence-corrected chi connectivity index (χ3v) is 9.91. The summed E-state index contributed by atoms with van der Waals surface area (Å²) in [5.41, 5.74) is 9.49. The summed E-state index contributed by atoms with van der Waals surface area (Å²) in [7, 11) is 0. The molecule has 6 rings (SSSR count). The van der Waals surface area contributed by atoms with E-state index in [4.69, 9.17) is 27.3 Å². The summed E-state index contributed by atoms with van der Waals surface area (Å²) in [6.07, 6.45) is 12.4. The van der Waals surface area contributed by atoms with E-state index < -0.39 is 0 Å². The highest BCUT2D eigenvalue weighted by molar-refractivity contribution is 7.99. The van der Waals surface area contributed by atoms with Crippen LogP contribution in [0.3, 0.4) is 0 Å². The first-order valence-electron chi connectivity index (χ1n) is 12.8. The standard InChI is InChI=1S/C27H31ClN8S2/c1-26(2,3)38-34-22-17-5-4-9-30-18(17)15-27(22)7-12-35(13-8-27)25-33-16-20(24-32-11-14-36(24)25)37-19-6-10-31-23(29)21(19)28/h4-6,9-11,14,16,22,34H,7-8,12-13,15H2,1-3H3,(H2,29,31)/t22-/m1/s1. The molecule has 0 saturated carbocycles. The number of nitrogen functional groups attached to an aromatic ring is 1. The van der Waals surface area contributed by atoms with Crippen LogP contribution in [0.5, 0.6) is 0 Å². The number of fused-ring (bicyclic) bond motifs is 2. The van der Waals surface area contributed by atoms with Gasteiger partial charge in [0.1, 0.15) is 5.82 Å². The lowest BCUT2D eigenvalue weighted by Gasteiger charge is -2.44. The fourth-order valence-corrected chi connectivity index (χ4v) is 7.48. The minimum absolute atomic E-state index is 0.135. The number of nitrogens with one attached hydrogen (secondary N) is 1. The molecule has 11 heteroatoms. The third-order valence-electron chi connectivity index (χ3n) is 7.37. The summed E-state index contributed by atoms with van der Waals surface area (Å²) < 4.78 is 6.07. The number of hydrogen-bond donors (Lipinski definition) is 2. The quantitative estimate of drug-likeness (QED) is 0.289. The van der Waals surface area contributed by atoms with Crippen molar-refractivity contribution in [2.45, 2.75) is 60.6 Å². The van der Waals surface area contributed by atoms with E-state index in [-0.39, 0.29) is 16.2 Å². The second-order valence-corrected chi connectivity index (χ2v) is 14.1. The number of imidazole rings is 1. The highest BCUT2D eigenvalue weighted by Crippen LogP contribution is 2.53. The Balaban J connectivity index is 1.24. The third kappa shape index (κ3) is 4.72. The summed E-state index contributed by atoms with van der Waals surface area (Å²) in [6, 6.07) is 6.46. The van der Waals surface area contributed by atoms with Crippen molar-refractivity contribution in [3.05, 3.63) is 65.5 Å². The van der Waals surface area contributed by atoms with Crippen LogP contribution < -0.4 is 15.4 Å². The van der Waals surface area contributed by atoms with Crippen molar-refractivity contribution in [3.63, 3.8) is 0 Å². The van der Waals surface area contributed by atoms with Gasteiger partial charge < -0.3 is 10.6 Å². The molecular formula is C27H31ClN8S2. The smallest absolute Gasteiger partial charge is 0.211 e. The number of rotatable bonds is 5. The molecule has 4 aromatic rings. The van der Waals surface area contributed by atoms with Gasteiger partial charge in [0, 0.05) is 59.4 Å². The molecule has 0 radical (unpaired) electrons. The van der Waals surface area contributed by atoms with Crippen molar-refractivity contribution in [1.82, 2.24) is 29.1 Å². The van der Waals surface area contributed by atoms with Crippen LogP contribution in [0, 0.1) is 5.41 Å². The first-order valence-corrected chi connectivity index (χ1v) is 14.8. The van der Waals surface area contributed by atoms with E-state index in [1.807, 2.05) is 42.8 Å². The molecule has 5 heterocycles. The Morgan fingerprint density at radius 2 is 1.87 bits per heavy atom. The zero-order valence-electron chi connectivity index (χ0n) is 21.7. The highest BCUT2D eigenvalue weighted by atomic mass is 35.5. The molecule has 0 unspecified atom stereocenters. The van der Waals surface area contributed by atoms with Crippen LogP contribution in [-0.2, 0) is 6.42 Å². The zero-order chi connectivity index (χ0) is 26.5. The van der Waals surface area contributed by atoms with Gasteiger partial charge in [-0.2, -0.15) is 0 Å². The van der Waals surface area contributed by atoms with Gasteiger partial charge in [-0.05, 0) is 63.1 Å². The maximum Gasteiger partial charge on any atom is 0.211 e. The first-order chi connectivity index (χ1) is 18.2. The van der Waals surface area contributed by atoms with Crippen molar-refractivity contribution in [3.8, 4) is 0 Å². The van der Waals surface area contributed by atoms with Gasteiger partial charge in [-0.1, -0.05) is 41.4 Å². The number of anilines is 2. The van der Waals surface area contributed by atoms with Gasteiger partial charge in [-0.25, -0.2) is 15.0 Å². The van der Waals surface area contributed by atoms with Crippen molar-refractivity contribution in [2.24, 2.45) is 5.41 Å². The first kappa shape index (κ1) is 25.7. The molecule has 1 saturated heterocycles. The topological polar surface area (TPSA) is 97.3 Å². The van der Waals surface area contributed by atoms with Crippen LogP contribution in [0.25, 0.3) is 5.65 Å². The second-order valence-electron chi connectivity index (χ2n) is 11.0. The van der Waals surface area contributed by atoms with E-state index in [2.05, 4.69) is 56.9 Å². The minimum atomic E-state index is 0.135. The molecule has 1 aliphatic heterocycles. The molecule has 38 heavy (non-hydrogen) atoms. The fraction of sp³-hybridized carbons (Fsp3) is 0.407. The number of pyridine rings is 2. The lowest BCUT2D eigenvalue weighted by Crippen LogP contribution is -2.45. The van der Waals surface area contributed by atoms with E-state index in [1.165, 1.54) is 23.0 Å². The predicted octanol–water partition coefficient (Wildman–Crippen LogP) is 5.83. The van der Waals surface area contributed by atoms with Crippen LogP contribution >= 0.6 is 35.3 Å². The van der Waals surface area contributed by atoms with Crippen molar-refractivity contribution in [2.75, 3.05) is 23.7 Å². The lowest BCUT2D eigenvalue weighted by atomic mass is 9.73. The molecule has 1 atom stereocenters. The van der Waals surface area contributed by atoms with Crippen LogP contribution in [0.1, 0.15) is 50.9 Å². The van der Waals surface area contributed by atoms with E-state index in [9.17, 15) is 0 Å². The normalized spacial score (nSPS) is 18.8. The number of piperidine rings is 1. The van der Waals surface area contributed by atoms with Crippen LogP contribution in [0.15, 0.2) is 59.0 Å². The predicted molar refractivity (Wildman–Crippen MR) is 156 cm³/mol. The molecule has 2 aliphatic rings. The van der Waals surface area contributed by atoms with E-state index in [1.54, 1.807) is 6.20 Å². The van der Waals surface area contributed by atoms with E-state index in [0.29, 0.717) is 10.8 Å².